The summed E-state index contributed by atoms with van der Waals surface area (Å²) in [5.74, 6) is -0.264. The molecule has 2 rings (SSSR count). The van der Waals surface area contributed by atoms with Gasteiger partial charge in [0.25, 0.3) is 0 Å². The zero-order chi connectivity index (χ0) is 16.8. The van der Waals surface area contributed by atoms with Gasteiger partial charge in [0.05, 0.1) is 0 Å². The molecule has 0 aromatic carbocycles. The Hall–Kier alpha value is -1.11. The summed E-state index contributed by atoms with van der Waals surface area (Å²) in [4.78, 5) is 27.5. The Kier molecular flexibility index (Phi) is 6.87. The van der Waals surface area contributed by atoms with Gasteiger partial charge in [-0.2, -0.15) is 11.3 Å². The molecule has 7 heteroatoms. The number of carbonyl (C=O) groups excluding carboxylic acids is 2. The van der Waals surface area contributed by atoms with Gasteiger partial charge in [-0.15, -0.1) is 11.6 Å². The van der Waals surface area contributed by atoms with Crippen molar-refractivity contribution in [3.05, 3.63) is 22.4 Å². The van der Waals surface area contributed by atoms with Crippen LogP contribution < -0.4 is 5.73 Å². The highest BCUT2D eigenvalue weighted by molar-refractivity contribution is 7.07. The number of amides is 2. The van der Waals surface area contributed by atoms with Crippen LogP contribution in [0, 0.1) is 0 Å². The first-order valence-corrected chi connectivity index (χ1v) is 9.38. The van der Waals surface area contributed by atoms with Crippen LogP contribution in [0.2, 0.25) is 0 Å². The molecular weight excluding hydrogens is 334 g/mol. The first-order chi connectivity index (χ1) is 11.0. The predicted molar refractivity (Wildman–Crippen MR) is 93.5 cm³/mol. The molecule has 1 atom stereocenters. The summed E-state index contributed by atoms with van der Waals surface area (Å²) in [5.41, 5.74) is 6.43. The van der Waals surface area contributed by atoms with E-state index in [1.807, 2.05) is 23.3 Å². The van der Waals surface area contributed by atoms with Crippen LogP contribution in [0.5, 0.6) is 0 Å². The number of nitrogens with two attached hydrogens (primary N) is 1. The van der Waals surface area contributed by atoms with Gasteiger partial charge in [0.2, 0.25) is 11.8 Å². The van der Waals surface area contributed by atoms with E-state index in [0.29, 0.717) is 13.0 Å². The molecule has 2 amide bonds. The zero-order valence-corrected chi connectivity index (χ0v) is 15.0. The van der Waals surface area contributed by atoms with Gasteiger partial charge in [-0.3, -0.25) is 14.5 Å². The van der Waals surface area contributed by atoms with Crippen molar-refractivity contribution in [2.45, 2.75) is 44.8 Å². The number of rotatable bonds is 7. The highest BCUT2D eigenvalue weighted by atomic mass is 35.5. The van der Waals surface area contributed by atoms with E-state index >= 15 is 0 Å². The predicted octanol–water partition coefficient (Wildman–Crippen LogP) is 2.04. The molecule has 0 spiro atoms. The number of likely N-dealkylation sites (tertiary alicyclic amines) is 1. The van der Waals surface area contributed by atoms with Crippen molar-refractivity contribution in [3.8, 4) is 0 Å². The molecule has 0 radical (unpaired) electrons. The zero-order valence-electron chi connectivity index (χ0n) is 13.4. The standard InChI is InChI=1S/C16H24ClN3O2S/c1-12(8-15(18)21)19-5-2-14(3-6-19)20(16(22)9-17)10-13-4-7-23-11-13/h4,7,11-12,14H,2-3,5-6,8-10H2,1H3,(H2,18,21). The minimum Gasteiger partial charge on any atom is -0.370 e. The minimum absolute atomic E-state index is 0.0125. The molecule has 0 saturated carbocycles. The summed E-state index contributed by atoms with van der Waals surface area (Å²) >= 11 is 7.43. The number of primary amides is 1. The average Bonchev–Trinajstić information content (AvgIpc) is 3.04. The monoisotopic (exact) mass is 357 g/mol. The molecule has 5 nitrogen and oxygen atoms in total. The van der Waals surface area contributed by atoms with Crippen LogP contribution in [0.15, 0.2) is 16.8 Å². The second kappa shape index (κ2) is 8.66. The topological polar surface area (TPSA) is 66.6 Å². The van der Waals surface area contributed by atoms with E-state index in [1.165, 1.54) is 0 Å². The fraction of sp³-hybridized carbons (Fsp3) is 0.625. The number of nitrogens with zero attached hydrogens (tertiary/aromatic N) is 2. The lowest BCUT2D eigenvalue weighted by atomic mass is 10.00. The molecule has 1 aliphatic heterocycles. The molecule has 1 aliphatic rings. The molecule has 2 heterocycles. The van der Waals surface area contributed by atoms with Gasteiger partial charge in [-0.1, -0.05) is 0 Å². The molecule has 128 valence electrons. The molecule has 0 aliphatic carbocycles. The van der Waals surface area contributed by atoms with Crippen molar-refractivity contribution in [1.29, 1.82) is 0 Å². The van der Waals surface area contributed by atoms with E-state index in [2.05, 4.69) is 10.3 Å². The third-order valence-electron chi connectivity index (χ3n) is 4.43. The van der Waals surface area contributed by atoms with Gasteiger partial charge >= 0.3 is 0 Å². The lowest BCUT2D eigenvalue weighted by Crippen LogP contribution is -2.49. The molecule has 1 fully saturated rings. The van der Waals surface area contributed by atoms with Crippen LogP contribution in [0.4, 0.5) is 0 Å². The van der Waals surface area contributed by atoms with Crippen molar-refractivity contribution in [2.24, 2.45) is 5.73 Å². The second-order valence-electron chi connectivity index (χ2n) is 6.07. The van der Waals surface area contributed by atoms with Gasteiger partial charge in [0.1, 0.15) is 5.88 Å². The number of thiophene rings is 1. The van der Waals surface area contributed by atoms with E-state index in [1.54, 1.807) is 11.3 Å². The molecule has 2 N–H and O–H groups in total. The van der Waals surface area contributed by atoms with E-state index < -0.39 is 0 Å². The average molecular weight is 358 g/mol. The van der Waals surface area contributed by atoms with Gasteiger partial charge in [0, 0.05) is 38.1 Å². The Balaban J connectivity index is 1.94. The summed E-state index contributed by atoms with van der Waals surface area (Å²) in [5, 5.41) is 4.09. The molecule has 0 bridgehead atoms. The van der Waals surface area contributed by atoms with E-state index in [4.69, 9.17) is 17.3 Å². The van der Waals surface area contributed by atoms with Gasteiger partial charge in [0.15, 0.2) is 0 Å². The third-order valence-corrected chi connectivity index (χ3v) is 5.39. The smallest absolute Gasteiger partial charge is 0.238 e. The molecule has 1 aromatic rings. The molecule has 1 aromatic heterocycles. The maximum Gasteiger partial charge on any atom is 0.238 e. The maximum atomic E-state index is 12.2. The SMILES string of the molecule is CC(CC(N)=O)N1CCC(N(Cc2ccsc2)C(=O)CCl)CC1. The Labute approximate surface area is 146 Å². The third kappa shape index (κ3) is 5.19. The van der Waals surface area contributed by atoms with Crippen LogP contribution in [0.3, 0.4) is 0 Å². The van der Waals surface area contributed by atoms with Crippen molar-refractivity contribution >= 4 is 34.8 Å². The fourth-order valence-corrected chi connectivity index (χ4v) is 3.95. The normalized spacial score (nSPS) is 17.8. The van der Waals surface area contributed by atoms with E-state index in [9.17, 15) is 9.59 Å². The van der Waals surface area contributed by atoms with Crippen LogP contribution >= 0.6 is 22.9 Å². The van der Waals surface area contributed by atoms with Crippen LogP contribution in [0.25, 0.3) is 0 Å². The van der Waals surface area contributed by atoms with Gasteiger partial charge < -0.3 is 10.6 Å². The molecule has 1 unspecified atom stereocenters. The van der Waals surface area contributed by atoms with E-state index in [-0.39, 0.29) is 29.8 Å². The second-order valence-corrected chi connectivity index (χ2v) is 7.12. The summed E-state index contributed by atoms with van der Waals surface area (Å²) in [6.45, 7) is 4.39. The summed E-state index contributed by atoms with van der Waals surface area (Å²) in [7, 11) is 0. The van der Waals surface area contributed by atoms with Crippen molar-refractivity contribution in [2.75, 3.05) is 19.0 Å². The lowest BCUT2D eigenvalue weighted by molar-refractivity contribution is -0.132. The summed E-state index contributed by atoms with van der Waals surface area (Å²) in [6.07, 6.45) is 2.18. The fourth-order valence-electron chi connectivity index (χ4n) is 3.14. The first-order valence-electron chi connectivity index (χ1n) is 7.90. The minimum atomic E-state index is -0.268. The number of hydrogen-bond acceptors (Lipinski definition) is 4. The van der Waals surface area contributed by atoms with E-state index in [0.717, 1.165) is 31.5 Å². The lowest BCUT2D eigenvalue weighted by Gasteiger charge is -2.40. The van der Waals surface area contributed by atoms with Gasteiger partial charge in [-0.25, -0.2) is 0 Å². The number of carbonyl (C=O) groups is 2. The Morgan fingerprint density at radius 1 is 1.48 bits per heavy atom. The van der Waals surface area contributed by atoms with Gasteiger partial charge in [-0.05, 0) is 42.2 Å². The van der Waals surface area contributed by atoms with Crippen LogP contribution in [0.1, 0.15) is 31.7 Å². The quantitative estimate of drug-likeness (QED) is 0.759. The summed E-state index contributed by atoms with van der Waals surface area (Å²) < 4.78 is 0. The first kappa shape index (κ1) is 18.2. The van der Waals surface area contributed by atoms with Crippen LogP contribution in [-0.4, -0.2) is 52.7 Å². The molecule has 23 heavy (non-hydrogen) atoms. The van der Waals surface area contributed by atoms with Crippen LogP contribution in [-0.2, 0) is 16.1 Å². The Morgan fingerprint density at radius 2 is 2.17 bits per heavy atom. The highest BCUT2D eigenvalue weighted by Crippen LogP contribution is 2.22. The Morgan fingerprint density at radius 3 is 2.70 bits per heavy atom. The Bertz CT molecular complexity index is 515. The molecule has 1 saturated heterocycles. The number of piperidine rings is 1. The van der Waals surface area contributed by atoms with Crippen molar-refractivity contribution in [3.63, 3.8) is 0 Å². The number of alkyl halides is 1. The largest absolute Gasteiger partial charge is 0.370 e. The molecular formula is C16H24ClN3O2S. The van der Waals surface area contributed by atoms with Crippen molar-refractivity contribution < 1.29 is 9.59 Å². The number of halogens is 1. The van der Waals surface area contributed by atoms with Crippen molar-refractivity contribution in [1.82, 2.24) is 9.80 Å². The maximum absolute atomic E-state index is 12.2. The highest BCUT2D eigenvalue weighted by Gasteiger charge is 2.29. The number of hydrogen-bond donors (Lipinski definition) is 1. The summed E-state index contributed by atoms with van der Waals surface area (Å²) in [6, 6.07) is 2.41.